The maximum absolute atomic E-state index is 12.1. The molecule has 0 spiro atoms. The Morgan fingerprint density at radius 2 is 2.04 bits per heavy atom. The van der Waals surface area contributed by atoms with E-state index >= 15 is 0 Å². The van der Waals surface area contributed by atoms with Crippen molar-refractivity contribution in [3.05, 3.63) is 34.7 Å². The average Bonchev–Trinajstić information content (AvgIpc) is 3.19. The Kier molecular flexibility index (Phi) is 12.7. The predicted molar refractivity (Wildman–Crippen MR) is 109 cm³/mol. The zero-order valence-electron chi connectivity index (χ0n) is 15.1. The molecule has 0 aromatic carbocycles. The number of methoxy groups -OCH3 is 1. The number of hydrogen-bond donors (Lipinski definition) is 3. The molecule has 0 radical (unpaired) electrons. The molecule has 0 saturated heterocycles. The van der Waals surface area contributed by atoms with Gasteiger partial charge >= 0.3 is 0 Å². The highest BCUT2D eigenvalue weighted by molar-refractivity contribution is 7.14. The summed E-state index contributed by atoms with van der Waals surface area (Å²) < 4.78 is 10.0. The van der Waals surface area contributed by atoms with Gasteiger partial charge in [0.1, 0.15) is 5.76 Å². The van der Waals surface area contributed by atoms with Crippen molar-refractivity contribution in [1.82, 2.24) is 15.6 Å². The number of hydrogen-bond acceptors (Lipinski definition) is 7. The van der Waals surface area contributed by atoms with Gasteiger partial charge in [-0.05, 0) is 13.0 Å². The van der Waals surface area contributed by atoms with Crippen LogP contribution in [0.15, 0.2) is 22.1 Å². The Labute approximate surface area is 174 Å². The molecule has 0 aliphatic rings. The molecule has 2 amide bonds. The first-order valence-corrected chi connectivity index (χ1v) is 8.74. The zero-order chi connectivity index (χ0) is 18.1. The van der Waals surface area contributed by atoms with Gasteiger partial charge in [0, 0.05) is 32.1 Å². The molecule has 0 unspecified atom stereocenters. The third-order valence-corrected chi connectivity index (χ3v) is 4.13. The molecule has 3 N–H and O–H groups in total. The fourth-order valence-corrected chi connectivity index (χ4v) is 2.75. The SMILES string of the molecule is COCCNCCNC(=O)Cc1csc(NC(=O)c2ccoc2C)n1.Cl.Cl. The number of nitrogens with one attached hydrogen (secondary N) is 3. The molecule has 152 valence electrons. The van der Waals surface area contributed by atoms with Crippen LogP contribution in [0.1, 0.15) is 21.8 Å². The van der Waals surface area contributed by atoms with Crippen molar-refractivity contribution in [1.29, 1.82) is 0 Å². The summed E-state index contributed by atoms with van der Waals surface area (Å²) in [6, 6.07) is 1.60. The standard InChI is InChI=1S/C16H22N4O4S.2ClH/c1-11-13(3-7-24-11)15(22)20-16-19-12(10-25-16)9-14(21)18-5-4-17-6-8-23-2;;/h3,7,10,17H,4-6,8-9H2,1-2H3,(H,18,21)(H,19,20,22);2*1H. The van der Waals surface area contributed by atoms with Gasteiger partial charge in [-0.25, -0.2) is 4.98 Å². The molecule has 8 nitrogen and oxygen atoms in total. The Bertz CT molecular complexity index is 708. The van der Waals surface area contributed by atoms with Crippen molar-refractivity contribution in [3.63, 3.8) is 0 Å². The van der Waals surface area contributed by atoms with Crippen LogP contribution >= 0.6 is 36.2 Å². The molecule has 0 aliphatic heterocycles. The maximum Gasteiger partial charge on any atom is 0.260 e. The van der Waals surface area contributed by atoms with Crippen LogP contribution in [0.25, 0.3) is 0 Å². The minimum atomic E-state index is -0.279. The Morgan fingerprint density at radius 3 is 2.70 bits per heavy atom. The van der Waals surface area contributed by atoms with Crippen LogP contribution in [0.5, 0.6) is 0 Å². The van der Waals surface area contributed by atoms with E-state index in [-0.39, 0.29) is 43.0 Å². The second-order valence-electron chi connectivity index (χ2n) is 5.26. The van der Waals surface area contributed by atoms with Gasteiger partial charge in [-0.2, -0.15) is 0 Å². The minimum Gasteiger partial charge on any atom is -0.469 e. The summed E-state index contributed by atoms with van der Waals surface area (Å²) in [6.07, 6.45) is 1.64. The van der Waals surface area contributed by atoms with Crippen molar-refractivity contribution in [3.8, 4) is 0 Å². The van der Waals surface area contributed by atoms with Crippen molar-refractivity contribution in [2.24, 2.45) is 0 Å². The normalized spacial score (nSPS) is 9.85. The average molecular weight is 439 g/mol. The summed E-state index contributed by atoms with van der Waals surface area (Å²) in [5.74, 6) is 0.161. The number of nitrogens with zero attached hydrogens (tertiary/aromatic N) is 1. The number of rotatable bonds is 10. The summed E-state index contributed by atoms with van der Waals surface area (Å²) in [4.78, 5) is 28.2. The van der Waals surface area contributed by atoms with E-state index in [2.05, 4.69) is 20.9 Å². The van der Waals surface area contributed by atoms with E-state index in [9.17, 15) is 9.59 Å². The molecule has 0 aliphatic carbocycles. The molecule has 0 saturated carbocycles. The summed E-state index contributed by atoms with van der Waals surface area (Å²) >= 11 is 1.28. The molecule has 11 heteroatoms. The van der Waals surface area contributed by atoms with Crippen molar-refractivity contribution < 1.29 is 18.7 Å². The van der Waals surface area contributed by atoms with E-state index in [0.29, 0.717) is 41.8 Å². The minimum absolute atomic E-state index is 0. The molecular formula is C16H24Cl2N4O4S. The molecule has 0 fully saturated rings. The number of aromatic nitrogens is 1. The van der Waals surface area contributed by atoms with Crippen LogP contribution in [-0.4, -0.2) is 50.1 Å². The van der Waals surface area contributed by atoms with Gasteiger partial charge in [-0.3, -0.25) is 14.9 Å². The number of carbonyl (C=O) groups excluding carboxylic acids is 2. The van der Waals surface area contributed by atoms with Gasteiger partial charge < -0.3 is 19.8 Å². The molecule has 2 aromatic rings. The maximum atomic E-state index is 12.1. The van der Waals surface area contributed by atoms with Gasteiger partial charge in [0.25, 0.3) is 5.91 Å². The van der Waals surface area contributed by atoms with E-state index < -0.39 is 0 Å². The van der Waals surface area contributed by atoms with Crippen LogP contribution in [0, 0.1) is 6.92 Å². The first-order valence-electron chi connectivity index (χ1n) is 7.86. The van der Waals surface area contributed by atoms with Gasteiger partial charge in [0.05, 0.1) is 30.5 Å². The van der Waals surface area contributed by atoms with E-state index in [0.717, 1.165) is 6.54 Å². The van der Waals surface area contributed by atoms with Crippen LogP contribution in [0.2, 0.25) is 0 Å². The first-order chi connectivity index (χ1) is 12.1. The Balaban J connectivity index is 0.00000338. The molecule has 2 rings (SSSR count). The summed E-state index contributed by atoms with van der Waals surface area (Å²) in [6.45, 7) is 4.32. The van der Waals surface area contributed by atoms with Gasteiger partial charge in [-0.1, -0.05) is 0 Å². The monoisotopic (exact) mass is 438 g/mol. The number of anilines is 1. The van der Waals surface area contributed by atoms with Crippen LogP contribution in [0.4, 0.5) is 5.13 Å². The van der Waals surface area contributed by atoms with Crippen molar-refractivity contribution in [2.45, 2.75) is 13.3 Å². The fraction of sp³-hybridized carbons (Fsp3) is 0.438. The Hall–Kier alpha value is -1.65. The number of aryl methyl sites for hydroxylation is 1. The predicted octanol–water partition coefficient (Wildman–Crippen LogP) is 2.04. The highest BCUT2D eigenvalue weighted by Gasteiger charge is 2.14. The third-order valence-electron chi connectivity index (χ3n) is 3.32. The largest absolute Gasteiger partial charge is 0.469 e. The number of furan rings is 1. The van der Waals surface area contributed by atoms with E-state index in [4.69, 9.17) is 9.15 Å². The van der Waals surface area contributed by atoms with Gasteiger partial charge in [-0.15, -0.1) is 36.2 Å². The number of thiazole rings is 1. The van der Waals surface area contributed by atoms with Gasteiger partial charge in [0.15, 0.2) is 5.13 Å². The molecular weight excluding hydrogens is 415 g/mol. The summed E-state index contributed by atoms with van der Waals surface area (Å²) in [5.41, 5.74) is 1.09. The lowest BCUT2D eigenvalue weighted by atomic mass is 10.2. The lowest BCUT2D eigenvalue weighted by molar-refractivity contribution is -0.120. The lowest BCUT2D eigenvalue weighted by Gasteiger charge is -2.05. The third kappa shape index (κ3) is 8.72. The number of ether oxygens (including phenoxy) is 1. The molecule has 2 aromatic heterocycles. The highest BCUT2D eigenvalue weighted by Crippen LogP contribution is 2.18. The van der Waals surface area contributed by atoms with Crippen LogP contribution in [-0.2, 0) is 16.0 Å². The summed E-state index contributed by atoms with van der Waals surface area (Å²) in [7, 11) is 1.64. The number of carbonyl (C=O) groups is 2. The molecule has 27 heavy (non-hydrogen) atoms. The van der Waals surface area contributed by atoms with Gasteiger partial charge in [0.2, 0.25) is 5.91 Å². The smallest absolute Gasteiger partial charge is 0.260 e. The zero-order valence-corrected chi connectivity index (χ0v) is 17.5. The first kappa shape index (κ1) is 25.4. The Morgan fingerprint density at radius 1 is 1.26 bits per heavy atom. The number of amides is 2. The second kappa shape index (κ2) is 13.5. The van der Waals surface area contributed by atoms with E-state index in [1.54, 1.807) is 25.5 Å². The second-order valence-corrected chi connectivity index (χ2v) is 6.12. The number of halogens is 2. The van der Waals surface area contributed by atoms with Crippen molar-refractivity contribution >= 4 is 53.1 Å². The quantitative estimate of drug-likeness (QED) is 0.490. The highest BCUT2D eigenvalue weighted by atomic mass is 35.5. The molecule has 2 heterocycles. The molecule has 0 atom stereocenters. The van der Waals surface area contributed by atoms with Crippen LogP contribution in [0.3, 0.4) is 0 Å². The van der Waals surface area contributed by atoms with E-state index in [1.165, 1.54) is 17.6 Å². The fourth-order valence-electron chi connectivity index (χ4n) is 2.05. The topological polar surface area (TPSA) is 105 Å². The van der Waals surface area contributed by atoms with E-state index in [1.807, 2.05) is 0 Å². The van der Waals surface area contributed by atoms with Crippen LogP contribution < -0.4 is 16.0 Å². The summed E-state index contributed by atoms with van der Waals surface area (Å²) in [5, 5.41) is 10.9. The van der Waals surface area contributed by atoms with Crippen molar-refractivity contribution in [2.75, 3.05) is 38.7 Å². The molecule has 0 bridgehead atoms. The lowest BCUT2D eigenvalue weighted by Crippen LogP contribution is -2.33.